The summed E-state index contributed by atoms with van der Waals surface area (Å²) in [7, 11) is 0. The molecule has 0 spiro atoms. The second-order valence-corrected chi connectivity index (χ2v) is 6.71. The van der Waals surface area contributed by atoms with Crippen molar-refractivity contribution in [2.75, 3.05) is 11.9 Å². The molecule has 2 rings (SSSR count). The second-order valence-electron chi connectivity index (χ2n) is 5.92. The fourth-order valence-electron chi connectivity index (χ4n) is 2.00. The largest absolute Gasteiger partial charge is 0.461 e. The monoisotopic (exact) mass is 382 g/mol. The Morgan fingerprint density at radius 1 is 1.30 bits per heavy atom. The van der Waals surface area contributed by atoms with E-state index in [0.29, 0.717) is 22.5 Å². The Bertz CT molecular complexity index is 746. The van der Waals surface area contributed by atoms with E-state index in [9.17, 15) is 9.59 Å². The highest BCUT2D eigenvalue weighted by Gasteiger charge is 2.19. The zero-order valence-corrected chi connectivity index (χ0v) is 15.0. The lowest BCUT2D eigenvalue weighted by Gasteiger charge is -2.19. The standard InChI is InChI=1S/C16H19BrN2O4/c1-5-22-14(20)13-12(17)10-8-9(6-7-11(10)19-13)18-15(21)23-16(2,3)4/h6-8,19H,5H2,1-4H3,(H,18,21). The molecule has 6 nitrogen and oxygen atoms in total. The number of nitrogens with one attached hydrogen (secondary N) is 2. The van der Waals surface area contributed by atoms with Gasteiger partial charge in [-0.2, -0.15) is 0 Å². The number of fused-ring (bicyclic) bond motifs is 1. The average Bonchev–Trinajstić information content (AvgIpc) is 2.74. The van der Waals surface area contributed by atoms with Crippen LogP contribution in [0.25, 0.3) is 10.9 Å². The van der Waals surface area contributed by atoms with Gasteiger partial charge >= 0.3 is 12.1 Å². The van der Waals surface area contributed by atoms with Crippen LogP contribution in [-0.4, -0.2) is 29.3 Å². The Kier molecular flexibility index (Phi) is 4.99. The highest BCUT2D eigenvalue weighted by molar-refractivity contribution is 9.10. The van der Waals surface area contributed by atoms with Crippen molar-refractivity contribution in [2.45, 2.75) is 33.3 Å². The topological polar surface area (TPSA) is 80.4 Å². The summed E-state index contributed by atoms with van der Waals surface area (Å²) in [5.74, 6) is -0.433. The molecule has 0 aliphatic rings. The van der Waals surface area contributed by atoms with E-state index in [1.54, 1.807) is 45.9 Å². The third-order valence-corrected chi connectivity index (χ3v) is 3.68. The summed E-state index contributed by atoms with van der Waals surface area (Å²) >= 11 is 3.40. The smallest absolute Gasteiger partial charge is 0.412 e. The minimum Gasteiger partial charge on any atom is -0.461 e. The first-order chi connectivity index (χ1) is 10.7. The molecule has 0 aliphatic carbocycles. The lowest BCUT2D eigenvalue weighted by Crippen LogP contribution is -2.27. The summed E-state index contributed by atoms with van der Waals surface area (Å²) in [6, 6.07) is 5.25. The van der Waals surface area contributed by atoms with E-state index >= 15 is 0 Å². The number of halogens is 1. The Morgan fingerprint density at radius 3 is 2.61 bits per heavy atom. The number of carbonyl (C=O) groups excluding carboxylic acids is 2. The molecule has 1 heterocycles. The second kappa shape index (κ2) is 6.62. The molecule has 0 saturated heterocycles. The number of hydrogen-bond acceptors (Lipinski definition) is 4. The molecule has 7 heteroatoms. The first-order valence-electron chi connectivity index (χ1n) is 7.19. The molecule has 124 valence electrons. The van der Waals surface area contributed by atoms with Gasteiger partial charge in [0.1, 0.15) is 11.3 Å². The molecule has 0 aliphatic heterocycles. The van der Waals surface area contributed by atoms with Crippen LogP contribution in [0.5, 0.6) is 0 Å². The number of rotatable bonds is 3. The van der Waals surface area contributed by atoms with E-state index in [2.05, 4.69) is 26.2 Å². The van der Waals surface area contributed by atoms with Crippen molar-refractivity contribution in [3.05, 3.63) is 28.4 Å². The fraction of sp³-hybridized carbons (Fsp3) is 0.375. The Hall–Kier alpha value is -2.02. The van der Waals surface area contributed by atoms with Crippen LogP contribution < -0.4 is 5.32 Å². The van der Waals surface area contributed by atoms with Crippen LogP contribution in [0.15, 0.2) is 22.7 Å². The Morgan fingerprint density at radius 2 is 2.00 bits per heavy atom. The number of esters is 1. The lowest BCUT2D eigenvalue weighted by molar-refractivity contribution is 0.0518. The van der Waals surface area contributed by atoms with Gasteiger partial charge in [-0.25, -0.2) is 9.59 Å². The van der Waals surface area contributed by atoms with Crippen LogP contribution in [0.3, 0.4) is 0 Å². The molecular weight excluding hydrogens is 364 g/mol. The number of benzene rings is 1. The molecule has 0 bridgehead atoms. The van der Waals surface area contributed by atoms with Gasteiger partial charge in [0.15, 0.2) is 0 Å². The van der Waals surface area contributed by atoms with E-state index in [1.807, 2.05) is 0 Å². The maximum Gasteiger partial charge on any atom is 0.412 e. The predicted molar refractivity (Wildman–Crippen MR) is 91.8 cm³/mol. The van der Waals surface area contributed by atoms with Gasteiger partial charge < -0.3 is 14.5 Å². The number of aromatic nitrogens is 1. The zero-order valence-electron chi connectivity index (χ0n) is 13.5. The fourth-order valence-corrected chi connectivity index (χ4v) is 2.59. The van der Waals surface area contributed by atoms with Gasteiger partial charge in [-0.15, -0.1) is 0 Å². The molecule has 0 radical (unpaired) electrons. The molecule has 2 N–H and O–H groups in total. The van der Waals surface area contributed by atoms with Crippen molar-refractivity contribution < 1.29 is 19.1 Å². The summed E-state index contributed by atoms with van der Waals surface area (Å²) in [4.78, 5) is 26.7. The van der Waals surface area contributed by atoms with Gasteiger partial charge in [-0.3, -0.25) is 5.32 Å². The van der Waals surface area contributed by atoms with Crippen molar-refractivity contribution in [3.8, 4) is 0 Å². The first-order valence-corrected chi connectivity index (χ1v) is 7.99. The molecule has 1 aromatic heterocycles. The van der Waals surface area contributed by atoms with Gasteiger partial charge in [0, 0.05) is 16.6 Å². The Labute approximate surface area is 142 Å². The van der Waals surface area contributed by atoms with Crippen LogP contribution in [-0.2, 0) is 9.47 Å². The summed E-state index contributed by atoms with van der Waals surface area (Å²) in [5.41, 5.74) is 1.10. The zero-order chi connectivity index (χ0) is 17.2. The molecule has 1 aromatic carbocycles. The quantitative estimate of drug-likeness (QED) is 0.768. The molecular formula is C16H19BrN2O4. The molecule has 0 unspecified atom stereocenters. The van der Waals surface area contributed by atoms with Gasteiger partial charge in [-0.1, -0.05) is 0 Å². The van der Waals surface area contributed by atoms with Crippen LogP contribution >= 0.6 is 15.9 Å². The van der Waals surface area contributed by atoms with Crippen molar-refractivity contribution in [1.29, 1.82) is 0 Å². The number of ether oxygens (including phenoxy) is 2. The van der Waals surface area contributed by atoms with E-state index in [-0.39, 0.29) is 0 Å². The maximum atomic E-state index is 11.9. The first kappa shape index (κ1) is 17.3. The number of aromatic amines is 1. The molecule has 0 atom stereocenters. The van der Waals surface area contributed by atoms with Crippen LogP contribution in [0.1, 0.15) is 38.2 Å². The number of amides is 1. The summed E-state index contributed by atoms with van der Waals surface area (Å²) in [5, 5.41) is 3.43. The number of hydrogen-bond donors (Lipinski definition) is 2. The lowest BCUT2D eigenvalue weighted by atomic mass is 10.2. The SMILES string of the molecule is CCOC(=O)c1[nH]c2ccc(NC(=O)OC(C)(C)C)cc2c1Br. The predicted octanol–water partition coefficient (Wildman–Crippen LogP) is 4.45. The van der Waals surface area contributed by atoms with E-state index in [1.165, 1.54) is 0 Å². The van der Waals surface area contributed by atoms with Gasteiger partial charge in [-0.05, 0) is 61.8 Å². The number of anilines is 1. The van der Waals surface area contributed by atoms with Crippen LogP contribution in [0.4, 0.5) is 10.5 Å². The third kappa shape index (κ3) is 4.25. The number of H-pyrrole nitrogens is 1. The summed E-state index contributed by atoms with van der Waals surface area (Å²) in [6.07, 6.45) is -0.533. The van der Waals surface area contributed by atoms with Crippen molar-refractivity contribution >= 4 is 44.6 Å². The average molecular weight is 383 g/mol. The highest BCUT2D eigenvalue weighted by atomic mass is 79.9. The van der Waals surface area contributed by atoms with Gasteiger partial charge in [0.05, 0.1) is 11.1 Å². The number of carbonyl (C=O) groups is 2. The Balaban J connectivity index is 2.27. The molecule has 0 fully saturated rings. The third-order valence-electron chi connectivity index (χ3n) is 2.86. The van der Waals surface area contributed by atoms with Crippen molar-refractivity contribution in [1.82, 2.24) is 4.98 Å². The van der Waals surface area contributed by atoms with Crippen molar-refractivity contribution in [3.63, 3.8) is 0 Å². The summed E-state index contributed by atoms with van der Waals surface area (Å²) < 4.78 is 10.8. The van der Waals surface area contributed by atoms with Gasteiger partial charge in [0.2, 0.25) is 0 Å². The molecule has 2 aromatic rings. The van der Waals surface area contributed by atoms with Crippen molar-refractivity contribution in [2.24, 2.45) is 0 Å². The van der Waals surface area contributed by atoms with E-state index in [0.717, 1.165) is 10.9 Å². The van der Waals surface area contributed by atoms with Crippen LogP contribution in [0.2, 0.25) is 0 Å². The normalized spacial score (nSPS) is 11.3. The molecule has 1 amide bonds. The summed E-state index contributed by atoms with van der Waals surface area (Å²) in [6.45, 7) is 7.43. The minimum absolute atomic E-state index is 0.298. The molecule has 0 saturated carbocycles. The maximum absolute atomic E-state index is 11.9. The highest BCUT2D eigenvalue weighted by Crippen LogP contribution is 2.30. The van der Waals surface area contributed by atoms with E-state index in [4.69, 9.17) is 9.47 Å². The van der Waals surface area contributed by atoms with Gasteiger partial charge in [0.25, 0.3) is 0 Å². The van der Waals surface area contributed by atoms with E-state index < -0.39 is 17.7 Å². The molecule has 23 heavy (non-hydrogen) atoms. The van der Waals surface area contributed by atoms with Crippen LogP contribution in [0, 0.1) is 0 Å². The minimum atomic E-state index is -0.570.